The Morgan fingerprint density at radius 1 is 1.64 bits per heavy atom. The highest BCUT2D eigenvalue weighted by molar-refractivity contribution is 4.75. The fourth-order valence-electron chi connectivity index (χ4n) is 1.79. The molecule has 2 nitrogen and oxygen atoms in total. The lowest BCUT2D eigenvalue weighted by Gasteiger charge is -2.16. The third-order valence-electron chi connectivity index (χ3n) is 2.47. The Bertz CT molecular complexity index is 114. The molecule has 0 aromatic rings. The van der Waals surface area contributed by atoms with Gasteiger partial charge in [-0.25, -0.2) is 0 Å². The maximum Gasteiger partial charge on any atom is 0.0639 e. The number of nitrogens with zero attached hydrogens (tertiary/aromatic N) is 1. The van der Waals surface area contributed by atoms with Gasteiger partial charge in [0.1, 0.15) is 0 Å². The maximum atomic E-state index is 9.13. The van der Waals surface area contributed by atoms with Gasteiger partial charge in [-0.2, -0.15) is 0 Å². The van der Waals surface area contributed by atoms with Crippen molar-refractivity contribution in [3.63, 3.8) is 0 Å². The Kier molecular flexibility index (Phi) is 3.34. The fraction of sp³-hybridized carbons (Fsp3) is 1.00. The van der Waals surface area contributed by atoms with Crippen LogP contribution >= 0.6 is 0 Å². The number of likely N-dealkylation sites (tertiary alicyclic amines) is 1. The van der Waals surface area contributed by atoms with E-state index in [4.69, 9.17) is 5.11 Å². The monoisotopic (exact) mass is 157 g/mol. The van der Waals surface area contributed by atoms with Crippen LogP contribution in [0.1, 0.15) is 26.7 Å². The van der Waals surface area contributed by atoms with E-state index in [1.807, 2.05) is 6.92 Å². The predicted octanol–water partition coefficient (Wildman–Crippen LogP) is 1.10. The SMILES string of the molecule is CCC1CCN(C[C@H](C)O)C1. The van der Waals surface area contributed by atoms with Crippen LogP contribution in [0.2, 0.25) is 0 Å². The van der Waals surface area contributed by atoms with Gasteiger partial charge in [0, 0.05) is 13.1 Å². The van der Waals surface area contributed by atoms with Crippen LogP contribution in [0.25, 0.3) is 0 Å². The molecule has 1 heterocycles. The molecule has 0 aliphatic carbocycles. The minimum atomic E-state index is -0.161. The predicted molar refractivity (Wildman–Crippen MR) is 46.5 cm³/mol. The van der Waals surface area contributed by atoms with Crippen LogP contribution in [0.3, 0.4) is 0 Å². The second kappa shape index (κ2) is 4.07. The minimum absolute atomic E-state index is 0.161. The van der Waals surface area contributed by atoms with Gasteiger partial charge in [0.2, 0.25) is 0 Å². The second-order valence-corrected chi connectivity index (χ2v) is 3.67. The Balaban J connectivity index is 2.19. The maximum absolute atomic E-state index is 9.13. The molecule has 1 N–H and O–H groups in total. The molecule has 66 valence electrons. The average Bonchev–Trinajstić information content (AvgIpc) is 2.34. The summed E-state index contributed by atoms with van der Waals surface area (Å²) in [4.78, 5) is 2.36. The highest BCUT2D eigenvalue weighted by Gasteiger charge is 2.21. The smallest absolute Gasteiger partial charge is 0.0639 e. The molecule has 0 bridgehead atoms. The summed E-state index contributed by atoms with van der Waals surface area (Å²) >= 11 is 0. The van der Waals surface area contributed by atoms with Crippen molar-refractivity contribution >= 4 is 0 Å². The summed E-state index contributed by atoms with van der Waals surface area (Å²) in [5, 5.41) is 9.13. The van der Waals surface area contributed by atoms with E-state index in [-0.39, 0.29) is 6.10 Å². The van der Waals surface area contributed by atoms with E-state index in [0.29, 0.717) is 0 Å². The fourth-order valence-corrected chi connectivity index (χ4v) is 1.79. The molecular weight excluding hydrogens is 138 g/mol. The average molecular weight is 157 g/mol. The van der Waals surface area contributed by atoms with Crippen LogP contribution < -0.4 is 0 Å². The highest BCUT2D eigenvalue weighted by atomic mass is 16.3. The largest absolute Gasteiger partial charge is 0.392 e. The third kappa shape index (κ3) is 2.80. The standard InChI is InChI=1S/C9H19NO/c1-3-9-4-5-10(7-9)6-8(2)11/h8-9,11H,3-7H2,1-2H3/t8-,9?/m0/s1. The topological polar surface area (TPSA) is 23.5 Å². The quantitative estimate of drug-likeness (QED) is 0.663. The first-order valence-electron chi connectivity index (χ1n) is 4.62. The van der Waals surface area contributed by atoms with Gasteiger partial charge in [0.05, 0.1) is 6.10 Å². The summed E-state index contributed by atoms with van der Waals surface area (Å²) in [6, 6.07) is 0. The number of hydrogen-bond acceptors (Lipinski definition) is 2. The van der Waals surface area contributed by atoms with Crippen LogP contribution in [-0.4, -0.2) is 35.7 Å². The molecule has 0 amide bonds. The Hall–Kier alpha value is -0.0800. The number of aliphatic hydroxyl groups excluding tert-OH is 1. The highest BCUT2D eigenvalue weighted by Crippen LogP contribution is 2.18. The molecule has 0 saturated carbocycles. The van der Waals surface area contributed by atoms with Crippen molar-refractivity contribution in [3.8, 4) is 0 Å². The van der Waals surface area contributed by atoms with Gasteiger partial charge < -0.3 is 10.0 Å². The lowest BCUT2D eigenvalue weighted by atomic mass is 10.1. The zero-order valence-electron chi connectivity index (χ0n) is 7.58. The van der Waals surface area contributed by atoms with Gasteiger partial charge in [0.25, 0.3) is 0 Å². The van der Waals surface area contributed by atoms with Crippen molar-refractivity contribution in [2.75, 3.05) is 19.6 Å². The van der Waals surface area contributed by atoms with Crippen LogP contribution in [0.5, 0.6) is 0 Å². The molecule has 1 saturated heterocycles. The first-order chi connectivity index (χ1) is 5.22. The molecule has 1 rings (SSSR count). The molecule has 2 heteroatoms. The number of aliphatic hydroxyl groups is 1. The summed E-state index contributed by atoms with van der Waals surface area (Å²) in [5.74, 6) is 0.883. The normalized spacial score (nSPS) is 29.2. The van der Waals surface area contributed by atoms with E-state index >= 15 is 0 Å². The molecule has 0 aromatic carbocycles. The summed E-state index contributed by atoms with van der Waals surface area (Å²) in [6.45, 7) is 7.34. The molecule has 0 spiro atoms. The molecule has 1 aliphatic heterocycles. The lowest BCUT2D eigenvalue weighted by Crippen LogP contribution is -2.28. The van der Waals surface area contributed by atoms with Crippen LogP contribution in [0.15, 0.2) is 0 Å². The molecule has 11 heavy (non-hydrogen) atoms. The zero-order valence-corrected chi connectivity index (χ0v) is 7.58. The van der Waals surface area contributed by atoms with Gasteiger partial charge >= 0.3 is 0 Å². The summed E-state index contributed by atoms with van der Waals surface area (Å²) < 4.78 is 0. The summed E-state index contributed by atoms with van der Waals surface area (Å²) in [7, 11) is 0. The van der Waals surface area contributed by atoms with Crippen molar-refractivity contribution in [3.05, 3.63) is 0 Å². The summed E-state index contributed by atoms with van der Waals surface area (Å²) in [5.41, 5.74) is 0. The zero-order chi connectivity index (χ0) is 8.27. The molecule has 1 unspecified atom stereocenters. The van der Waals surface area contributed by atoms with Crippen molar-refractivity contribution in [2.45, 2.75) is 32.8 Å². The van der Waals surface area contributed by atoms with Crippen LogP contribution in [0.4, 0.5) is 0 Å². The second-order valence-electron chi connectivity index (χ2n) is 3.67. The first-order valence-corrected chi connectivity index (χ1v) is 4.62. The van der Waals surface area contributed by atoms with Crippen molar-refractivity contribution in [1.29, 1.82) is 0 Å². The van der Waals surface area contributed by atoms with Crippen molar-refractivity contribution < 1.29 is 5.11 Å². The van der Waals surface area contributed by atoms with Crippen molar-refractivity contribution in [2.24, 2.45) is 5.92 Å². The van der Waals surface area contributed by atoms with Gasteiger partial charge in [-0.1, -0.05) is 13.3 Å². The van der Waals surface area contributed by atoms with E-state index in [2.05, 4.69) is 11.8 Å². The Morgan fingerprint density at radius 2 is 2.36 bits per heavy atom. The van der Waals surface area contributed by atoms with Gasteiger partial charge in [0.15, 0.2) is 0 Å². The lowest BCUT2D eigenvalue weighted by molar-refractivity contribution is 0.138. The van der Waals surface area contributed by atoms with E-state index in [1.165, 1.54) is 25.9 Å². The molecule has 1 fully saturated rings. The Morgan fingerprint density at radius 3 is 2.82 bits per heavy atom. The third-order valence-corrected chi connectivity index (χ3v) is 2.47. The van der Waals surface area contributed by atoms with E-state index in [9.17, 15) is 0 Å². The minimum Gasteiger partial charge on any atom is -0.392 e. The molecule has 1 aliphatic rings. The van der Waals surface area contributed by atoms with Crippen LogP contribution in [0, 0.1) is 5.92 Å². The molecule has 0 radical (unpaired) electrons. The molecular formula is C9H19NO. The van der Waals surface area contributed by atoms with Crippen LogP contribution in [-0.2, 0) is 0 Å². The van der Waals surface area contributed by atoms with E-state index in [1.54, 1.807) is 0 Å². The van der Waals surface area contributed by atoms with Gasteiger partial charge in [-0.05, 0) is 25.8 Å². The molecule has 0 aromatic heterocycles. The summed E-state index contributed by atoms with van der Waals surface area (Å²) in [6.07, 6.45) is 2.45. The number of β-amino-alcohol motifs (C(OH)–C–C–N with tert-alkyl or cyclic N) is 1. The molecule has 2 atom stereocenters. The number of hydrogen-bond donors (Lipinski definition) is 1. The Labute approximate surface area is 69.2 Å². The van der Waals surface area contributed by atoms with Gasteiger partial charge in [-0.3, -0.25) is 0 Å². The van der Waals surface area contributed by atoms with E-state index in [0.717, 1.165) is 12.5 Å². The number of rotatable bonds is 3. The van der Waals surface area contributed by atoms with Gasteiger partial charge in [-0.15, -0.1) is 0 Å². The van der Waals surface area contributed by atoms with E-state index < -0.39 is 0 Å². The van der Waals surface area contributed by atoms with Crippen molar-refractivity contribution in [1.82, 2.24) is 4.90 Å². The first kappa shape index (κ1) is 9.01.